The van der Waals surface area contributed by atoms with Crippen LogP contribution in [0.5, 0.6) is 0 Å². The number of ether oxygens (including phenoxy) is 1. The van der Waals surface area contributed by atoms with E-state index in [2.05, 4.69) is 43.5 Å². The van der Waals surface area contributed by atoms with Crippen molar-refractivity contribution < 1.29 is 24.5 Å². The van der Waals surface area contributed by atoms with Crippen molar-refractivity contribution in [2.24, 2.45) is 0 Å². The Kier molecular flexibility index (Phi) is 52.6. The van der Waals surface area contributed by atoms with Crippen LogP contribution in [0.25, 0.3) is 0 Å². The Morgan fingerprint density at radius 2 is 0.750 bits per heavy atom. The second kappa shape index (κ2) is 54.0. The SMILES string of the molecule is CCCC/C=C\CCCCCCCC(=O)OCCCCC/C=C\CCCCCCCC(=O)NC(CO)C(O)CCCCCCCCCCCCCCCCCCCCCCCCCC. The zero-order valence-electron chi connectivity index (χ0n) is 43.0. The number of aliphatic hydroxyl groups is 2. The van der Waals surface area contributed by atoms with Crippen molar-refractivity contribution in [2.75, 3.05) is 13.2 Å². The van der Waals surface area contributed by atoms with Gasteiger partial charge in [-0.3, -0.25) is 9.59 Å². The number of unbranched alkanes of at least 4 members (excludes halogenated alkanes) is 38. The van der Waals surface area contributed by atoms with E-state index in [0.29, 0.717) is 25.9 Å². The highest BCUT2D eigenvalue weighted by atomic mass is 16.5. The van der Waals surface area contributed by atoms with Crippen molar-refractivity contribution in [3.63, 3.8) is 0 Å². The summed E-state index contributed by atoms with van der Waals surface area (Å²) >= 11 is 0. The molecule has 64 heavy (non-hydrogen) atoms. The number of carbonyl (C=O) groups is 2. The van der Waals surface area contributed by atoms with E-state index >= 15 is 0 Å². The Bertz CT molecular complexity index is 997. The Morgan fingerprint density at radius 3 is 1.16 bits per heavy atom. The van der Waals surface area contributed by atoms with Crippen LogP contribution in [0.4, 0.5) is 0 Å². The number of hydrogen-bond donors (Lipinski definition) is 3. The van der Waals surface area contributed by atoms with E-state index in [1.807, 2.05) is 0 Å². The lowest BCUT2D eigenvalue weighted by atomic mass is 10.0. The van der Waals surface area contributed by atoms with Gasteiger partial charge in [0, 0.05) is 12.8 Å². The predicted octanol–water partition coefficient (Wildman–Crippen LogP) is 17.5. The summed E-state index contributed by atoms with van der Waals surface area (Å²) < 4.78 is 5.42. The van der Waals surface area contributed by atoms with Gasteiger partial charge < -0.3 is 20.3 Å². The minimum atomic E-state index is -0.682. The monoisotopic (exact) mass is 902 g/mol. The van der Waals surface area contributed by atoms with Crippen molar-refractivity contribution in [2.45, 2.75) is 321 Å². The highest BCUT2D eigenvalue weighted by Gasteiger charge is 2.20. The zero-order chi connectivity index (χ0) is 46.5. The number of allylic oxidation sites excluding steroid dienone is 4. The molecule has 6 nitrogen and oxygen atoms in total. The maximum atomic E-state index is 12.5. The summed E-state index contributed by atoms with van der Waals surface area (Å²) in [5.41, 5.74) is 0. The summed E-state index contributed by atoms with van der Waals surface area (Å²) in [4.78, 5) is 24.5. The van der Waals surface area contributed by atoms with Crippen LogP contribution >= 0.6 is 0 Å². The topological polar surface area (TPSA) is 95.9 Å². The van der Waals surface area contributed by atoms with Gasteiger partial charge in [0.2, 0.25) is 5.91 Å². The molecule has 378 valence electrons. The average molecular weight is 903 g/mol. The quantitative estimate of drug-likeness (QED) is 0.0321. The molecule has 0 saturated carbocycles. The highest BCUT2D eigenvalue weighted by Crippen LogP contribution is 2.17. The largest absolute Gasteiger partial charge is 0.466 e. The smallest absolute Gasteiger partial charge is 0.305 e. The van der Waals surface area contributed by atoms with E-state index in [0.717, 1.165) is 77.0 Å². The molecule has 0 bridgehead atoms. The molecule has 0 aliphatic heterocycles. The van der Waals surface area contributed by atoms with Crippen molar-refractivity contribution >= 4 is 11.9 Å². The van der Waals surface area contributed by atoms with E-state index in [9.17, 15) is 19.8 Å². The molecule has 0 heterocycles. The molecule has 6 heteroatoms. The standard InChI is InChI=1S/C58H111NO5/c1-3-5-7-9-11-13-15-16-17-18-19-20-21-22-23-24-25-26-27-31-34-38-42-46-50-56(61)55(54-60)59-57(62)51-47-43-39-35-32-28-29-33-37-41-45-49-53-64-58(63)52-48-44-40-36-30-14-12-10-8-6-4-2/h10,12,29,33,55-56,60-61H,3-9,11,13-28,30-32,34-54H2,1-2H3,(H,59,62)/b12-10-,33-29-. The lowest BCUT2D eigenvalue weighted by Crippen LogP contribution is -2.45. The van der Waals surface area contributed by atoms with E-state index in [1.165, 1.54) is 199 Å². The minimum Gasteiger partial charge on any atom is -0.466 e. The summed E-state index contributed by atoms with van der Waals surface area (Å²) in [6, 6.07) is -0.561. The Labute approximate surface area is 399 Å². The number of esters is 1. The molecule has 0 spiro atoms. The molecule has 0 rings (SSSR count). The van der Waals surface area contributed by atoms with E-state index in [4.69, 9.17) is 4.74 Å². The maximum absolute atomic E-state index is 12.5. The predicted molar refractivity (Wildman–Crippen MR) is 278 cm³/mol. The Morgan fingerprint density at radius 1 is 0.422 bits per heavy atom. The molecule has 3 N–H and O–H groups in total. The van der Waals surface area contributed by atoms with Gasteiger partial charge in [0.25, 0.3) is 0 Å². The number of aliphatic hydroxyl groups excluding tert-OH is 2. The molecule has 0 fully saturated rings. The summed E-state index contributed by atoms with van der Waals surface area (Å²) in [6.07, 6.45) is 64.6. The fourth-order valence-corrected chi connectivity index (χ4v) is 8.79. The van der Waals surface area contributed by atoms with Crippen molar-refractivity contribution in [3.8, 4) is 0 Å². The first-order valence-electron chi connectivity index (χ1n) is 28.6. The lowest BCUT2D eigenvalue weighted by molar-refractivity contribution is -0.143. The maximum Gasteiger partial charge on any atom is 0.305 e. The van der Waals surface area contributed by atoms with Crippen molar-refractivity contribution in [1.29, 1.82) is 0 Å². The van der Waals surface area contributed by atoms with Gasteiger partial charge in [0.1, 0.15) is 0 Å². The van der Waals surface area contributed by atoms with Crippen LogP contribution in [-0.4, -0.2) is 47.4 Å². The van der Waals surface area contributed by atoms with Crippen LogP contribution in [0.3, 0.4) is 0 Å². The second-order valence-electron chi connectivity index (χ2n) is 19.6. The molecular formula is C58H111NO5. The number of rotatable bonds is 53. The van der Waals surface area contributed by atoms with Crippen LogP contribution in [0, 0.1) is 0 Å². The van der Waals surface area contributed by atoms with Crippen LogP contribution in [0.15, 0.2) is 24.3 Å². The van der Waals surface area contributed by atoms with Gasteiger partial charge in [0.15, 0.2) is 0 Å². The molecule has 1 amide bonds. The molecule has 0 radical (unpaired) electrons. The Balaban J connectivity index is 3.49. The van der Waals surface area contributed by atoms with Gasteiger partial charge >= 0.3 is 5.97 Å². The molecule has 0 aliphatic rings. The number of hydrogen-bond acceptors (Lipinski definition) is 5. The molecule has 0 aromatic carbocycles. The highest BCUT2D eigenvalue weighted by molar-refractivity contribution is 5.76. The lowest BCUT2D eigenvalue weighted by Gasteiger charge is -2.22. The Hall–Kier alpha value is -1.66. The molecule has 0 aliphatic carbocycles. The van der Waals surface area contributed by atoms with Crippen LogP contribution in [0.2, 0.25) is 0 Å². The van der Waals surface area contributed by atoms with E-state index in [-0.39, 0.29) is 18.5 Å². The second-order valence-corrected chi connectivity index (χ2v) is 19.6. The fraction of sp³-hybridized carbons (Fsp3) is 0.897. The van der Waals surface area contributed by atoms with E-state index < -0.39 is 12.1 Å². The third-order valence-electron chi connectivity index (χ3n) is 13.2. The van der Waals surface area contributed by atoms with Gasteiger partial charge in [-0.1, -0.05) is 244 Å². The van der Waals surface area contributed by atoms with Gasteiger partial charge in [-0.05, 0) is 77.0 Å². The third-order valence-corrected chi connectivity index (χ3v) is 13.2. The first-order chi connectivity index (χ1) is 31.5. The van der Waals surface area contributed by atoms with Gasteiger partial charge in [-0.2, -0.15) is 0 Å². The normalized spacial score (nSPS) is 12.8. The van der Waals surface area contributed by atoms with Crippen LogP contribution in [-0.2, 0) is 14.3 Å². The van der Waals surface area contributed by atoms with Gasteiger partial charge in [0.05, 0.1) is 25.4 Å². The van der Waals surface area contributed by atoms with Gasteiger partial charge in [-0.15, -0.1) is 0 Å². The van der Waals surface area contributed by atoms with Crippen LogP contribution < -0.4 is 5.32 Å². The molecule has 0 saturated heterocycles. The zero-order valence-corrected chi connectivity index (χ0v) is 43.0. The van der Waals surface area contributed by atoms with Crippen molar-refractivity contribution in [3.05, 3.63) is 24.3 Å². The fourth-order valence-electron chi connectivity index (χ4n) is 8.79. The summed E-state index contributed by atoms with van der Waals surface area (Å²) in [6.45, 7) is 4.87. The number of nitrogens with one attached hydrogen (secondary N) is 1. The van der Waals surface area contributed by atoms with Crippen molar-refractivity contribution in [1.82, 2.24) is 5.32 Å². The molecule has 2 unspecified atom stereocenters. The third kappa shape index (κ3) is 49.8. The molecule has 0 aromatic rings. The van der Waals surface area contributed by atoms with Gasteiger partial charge in [-0.25, -0.2) is 0 Å². The molecule has 0 aromatic heterocycles. The summed E-state index contributed by atoms with van der Waals surface area (Å²) in [5, 5.41) is 23.3. The average Bonchev–Trinajstić information content (AvgIpc) is 3.29. The number of amides is 1. The number of carbonyl (C=O) groups excluding carboxylic acids is 2. The first-order valence-corrected chi connectivity index (χ1v) is 28.6. The summed E-state index contributed by atoms with van der Waals surface area (Å²) in [7, 11) is 0. The van der Waals surface area contributed by atoms with Crippen LogP contribution in [0.1, 0.15) is 309 Å². The molecular weight excluding hydrogens is 791 g/mol. The van der Waals surface area contributed by atoms with E-state index in [1.54, 1.807) is 0 Å². The minimum absolute atomic E-state index is 0.0332. The molecule has 2 atom stereocenters. The summed E-state index contributed by atoms with van der Waals surface area (Å²) in [5.74, 6) is -0.0918. The first kappa shape index (κ1) is 62.3.